The Morgan fingerprint density at radius 2 is 2.31 bits per heavy atom. The maximum atomic E-state index is 5.45. The Morgan fingerprint density at radius 1 is 1.54 bits per heavy atom. The quantitative estimate of drug-likeness (QED) is 0.739. The normalized spacial score (nSPS) is 28.1. The molecule has 2 heteroatoms. The van der Waals surface area contributed by atoms with Gasteiger partial charge in [-0.2, -0.15) is 0 Å². The lowest BCUT2D eigenvalue weighted by Gasteiger charge is -2.35. The van der Waals surface area contributed by atoms with Crippen LogP contribution in [0.2, 0.25) is 0 Å². The van der Waals surface area contributed by atoms with Gasteiger partial charge in [0.05, 0.1) is 0 Å². The SMILES string of the molecule is CC1(C)CCCC(NC/C=C/Cl)C1. The molecule has 1 unspecified atom stereocenters. The van der Waals surface area contributed by atoms with E-state index in [9.17, 15) is 0 Å². The number of nitrogens with one attached hydrogen (secondary N) is 1. The topological polar surface area (TPSA) is 12.0 Å². The third-order valence-electron chi connectivity index (χ3n) is 2.82. The van der Waals surface area contributed by atoms with Crippen LogP contribution in [-0.4, -0.2) is 12.6 Å². The molecule has 0 spiro atoms. The van der Waals surface area contributed by atoms with E-state index in [4.69, 9.17) is 11.6 Å². The van der Waals surface area contributed by atoms with Gasteiger partial charge in [-0.3, -0.25) is 0 Å². The van der Waals surface area contributed by atoms with Crippen LogP contribution in [0.3, 0.4) is 0 Å². The average molecular weight is 202 g/mol. The second-order valence-corrected chi connectivity index (χ2v) is 4.98. The van der Waals surface area contributed by atoms with Crippen molar-refractivity contribution in [2.24, 2.45) is 5.41 Å². The molecule has 1 aliphatic carbocycles. The largest absolute Gasteiger partial charge is 0.310 e. The Morgan fingerprint density at radius 3 is 2.92 bits per heavy atom. The van der Waals surface area contributed by atoms with Crippen molar-refractivity contribution < 1.29 is 0 Å². The molecule has 1 nitrogen and oxygen atoms in total. The molecule has 0 aromatic rings. The minimum Gasteiger partial charge on any atom is -0.310 e. The lowest BCUT2D eigenvalue weighted by atomic mass is 9.75. The van der Waals surface area contributed by atoms with E-state index >= 15 is 0 Å². The van der Waals surface area contributed by atoms with Gasteiger partial charge in [0.25, 0.3) is 0 Å². The molecule has 0 radical (unpaired) electrons. The molecule has 0 aliphatic heterocycles. The van der Waals surface area contributed by atoms with E-state index in [0.29, 0.717) is 11.5 Å². The molecule has 1 fully saturated rings. The van der Waals surface area contributed by atoms with Gasteiger partial charge < -0.3 is 5.32 Å². The molecule has 1 rings (SSSR count). The van der Waals surface area contributed by atoms with Crippen LogP contribution >= 0.6 is 11.6 Å². The lowest BCUT2D eigenvalue weighted by molar-refractivity contribution is 0.201. The first kappa shape index (κ1) is 11.1. The van der Waals surface area contributed by atoms with E-state index in [1.807, 2.05) is 6.08 Å². The van der Waals surface area contributed by atoms with Crippen molar-refractivity contribution in [3.8, 4) is 0 Å². The number of rotatable bonds is 3. The first-order chi connectivity index (χ1) is 6.14. The summed E-state index contributed by atoms with van der Waals surface area (Å²) >= 11 is 5.45. The van der Waals surface area contributed by atoms with Crippen LogP contribution in [0.1, 0.15) is 39.5 Å². The predicted octanol–water partition coefficient (Wildman–Crippen LogP) is 3.30. The van der Waals surface area contributed by atoms with Gasteiger partial charge in [0.15, 0.2) is 0 Å². The number of hydrogen-bond donors (Lipinski definition) is 1. The summed E-state index contributed by atoms with van der Waals surface area (Å²) in [6.07, 6.45) is 7.30. The van der Waals surface area contributed by atoms with Crippen LogP contribution < -0.4 is 5.32 Å². The third kappa shape index (κ3) is 4.15. The Balaban J connectivity index is 2.26. The Labute approximate surface area is 86.5 Å². The van der Waals surface area contributed by atoms with E-state index in [1.165, 1.54) is 25.7 Å². The van der Waals surface area contributed by atoms with Crippen molar-refractivity contribution in [3.05, 3.63) is 11.6 Å². The molecule has 0 aromatic heterocycles. The van der Waals surface area contributed by atoms with Gasteiger partial charge in [0, 0.05) is 18.1 Å². The molecule has 0 saturated heterocycles. The van der Waals surface area contributed by atoms with Gasteiger partial charge in [0.2, 0.25) is 0 Å². The van der Waals surface area contributed by atoms with Crippen molar-refractivity contribution in [3.63, 3.8) is 0 Å². The summed E-state index contributed by atoms with van der Waals surface area (Å²) < 4.78 is 0. The second-order valence-electron chi connectivity index (χ2n) is 4.73. The maximum Gasteiger partial charge on any atom is 0.0149 e. The molecule has 0 amide bonds. The minimum atomic E-state index is 0.528. The monoisotopic (exact) mass is 201 g/mol. The van der Waals surface area contributed by atoms with E-state index in [1.54, 1.807) is 5.54 Å². The predicted molar refractivity (Wildman–Crippen MR) is 59.0 cm³/mol. The highest BCUT2D eigenvalue weighted by atomic mass is 35.5. The van der Waals surface area contributed by atoms with Crippen molar-refractivity contribution in [1.82, 2.24) is 5.32 Å². The number of halogens is 1. The molecule has 76 valence electrons. The molecule has 1 aliphatic rings. The molecule has 1 saturated carbocycles. The Kier molecular flexibility index (Phi) is 4.27. The average Bonchev–Trinajstić information content (AvgIpc) is 2.03. The minimum absolute atomic E-state index is 0.528. The molecule has 0 bridgehead atoms. The summed E-state index contributed by atoms with van der Waals surface area (Å²) in [4.78, 5) is 0. The van der Waals surface area contributed by atoms with Crippen LogP contribution in [0.15, 0.2) is 11.6 Å². The fourth-order valence-corrected chi connectivity index (χ4v) is 2.24. The van der Waals surface area contributed by atoms with E-state index in [2.05, 4.69) is 19.2 Å². The summed E-state index contributed by atoms with van der Waals surface area (Å²) in [5, 5.41) is 3.51. The molecular weight excluding hydrogens is 182 g/mol. The third-order valence-corrected chi connectivity index (χ3v) is 3.00. The zero-order chi connectivity index (χ0) is 9.73. The van der Waals surface area contributed by atoms with Crippen LogP contribution in [0.4, 0.5) is 0 Å². The lowest BCUT2D eigenvalue weighted by Crippen LogP contribution is -2.37. The summed E-state index contributed by atoms with van der Waals surface area (Å²) in [6, 6.07) is 0.691. The van der Waals surface area contributed by atoms with Gasteiger partial charge in [-0.05, 0) is 24.7 Å². The van der Waals surface area contributed by atoms with Crippen LogP contribution in [0.5, 0.6) is 0 Å². The van der Waals surface area contributed by atoms with Crippen molar-refractivity contribution in [2.75, 3.05) is 6.54 Å². The summed E-state index contributed by atoms with van der Waals surface area (Å²) in [6.45, 7) is 5.63. The van der Waals surface area contributed by atoms with E-state index in [0.717, 1.165) is 6.54 Å². The van der Waals surface area contributed by atoms with Gasteiger partial charge in [-0.1, -0.05) is 37.9 Å². The van der Waals surface area contributed by atoms with E-state index < -0.39 is 0 Å². The second kappa shape index (κ2) is 5.02. The molecular formula is C11H20ClN. The number of hydrogen-bond acceptors (Lipinski definition) is 1. The molecule has 0 heterocycles. The van der Waals surface area contributed by atoms with Crippen LogP contribution in [0.25, 0.3) is 0 Å². The molecule has 1 N–H and O–H groups in total. The maximum absolute atomic E-state index is 5.45. The highest BCUT2D eigenvalue weighted by Gasteiger charge is 2.26. The van der Waals surface area contributed by atoms with Crippen molar-refractivity contribution >= 4 is 11.6 Å². The van der Waals surface area contributed by atoms with Crippen LogP contribution in [-0.2, 0) is 0 Å². The first-order valence-electron chi connectivity index (χ1n) is 5.13. The molecule has 0 aromatic carbocycles. The van der Waals surface area contributed by atoms with Crippen LogP contribution in [0, 0.1) is 5.41 Å². The van der Waals surface area contributed by atoms with Gasteiger partial charge in [-0.15, -0.1) is 0 Å². The summed E-state index contributed by atoms with van der Waals surface area (Å²) in [5.74, 6) is 0. The zero-order valence-electron chi connectivity index (χ0n) is 8.65. The van der Waals surface area contributed by atoms with Crippen molar-refractivity contribution in [2.45, 2.75) is 45.6 Å². The van der Waals surface area contributed by atoms with Gasteiger partial charge >= 0.3 is 0 Å². The van der Waals surface area contributed by atoms with Gasteiger partial charge in [-0.25, -0.2) is 0 Å². The van der Waals surface area contributed by atoms with Gasteiger partial charge in [0.1, 0.15) is 0 Å². The fourth-order valence-electron chi connectivity index (χ4n) is 2.15. The van der Waals surface area contributed by atoms with E-state index in [-0.39, 0.29) is 0 Å². The molecule has 13 heavy (non-hydrogen) atoms. The summed E-state index contributed by atoms with van der Waals surface area (Å²) in [7, 11) is 0. The standard InChI is InChI=1S/C11H20ClN/c1-11(2)6-3-5-10(9-11)13-8-4-7-12/h4,7,10,13H,3,5-6,8-9H2,1-2H3/b7-4+. The highest BCUT2D eigenvalue weighted by molar-refractivity contribution is 6.25. The first-order valence-corrected chi connectivity index (χ1v) is 5.56. The Hall–Kier alpha value is -0.0100. The summed E-state index contributed by atoms with van der Waals surface area (Å²) in [5.41, 5.74) is 2.11. The van der Waals surface area contributed by atoms with Crippen molar-refractivity contribution in [1.29, 1.82) is 0 Å². The highest BCUT2D eigenvalue weighted by Crippen LogP contribution is 2.34. The fraction of sp³-hybridized carbons (Fsp3) is 0.818. The molecule has 1 atom stereocenters. The smallest absolute Gasteiger partial charge is 0.0149 e. The zero-order valence-corrected chi connectivity index (χ0v) is 9.40. The Bertz CT molecular complexity index is 175.